The fraction of sp³-hybridized carbons (Fsp3) is 0.231. The Labute approximate surface area is 99.2 Å². The first-order valence-corrected chi connectivity index (χ1v) is 5.42. The Morgan fingerprint density at radius 2 is 2.12 bits per heavy atom. The van der Waals surface area contributed by atoms with Crippen molar-refractivity contribution in [2.75, 3.05) is 0 Å². The van der Waals surface area contributed by atoms with Crippen molar-refractivity contribution in [1.82, 2.24) is 9.55 Å². The van der Waals surface area contributed by atoms with Crippen LogP contribution in [0.5, 0.6) is 0 Å². The van der Waals surface area contributed by atoms with E-state index < -0.39 is 6.10 Å². The Morgan fingerprint density at radius 3 is 2.82 bits per heavy atom. The average molecular weight is 230 g/mol. The number of rotatable bonds is 3. The van der Waals surface area contributed by atoms with Gasteiger partial charge in [-0.2, -0.15) is 0 Å². The summed E-state index contributed by atoms with van der Waals surface area (Å²) in [5.41, 5.74) is 1.69. The molecule has 0 aliphatic heterocycles. The third-order valence-electron chi connectivity index (χ3n) is 2.71. The first-order valence-electron chi connectivity index (χ1n) is 5.42. The monoisotopic (exact) mass is 230 g/mol. The summed E-state index contributed by atoms with van der Waals surface area (Å²) < 4.78 is 1.40. The van der Waals surface area contributed by atoms with Crippen molar-refractivity contribution in [3.05, 3.63) is 64.3 Å². The molecule has 1 atom stereocenters. The Morgan fingerprint density at radius 1 is 1.35 bits per heavy atom. The molecule has 1 aromatic carbocycles. The summed E-state index contributed by atoms with van der Waals surface area (Å²) in [6.45, 7) is 2.15. The fourth-order valence-electron chi connectivity index (χ4n) is 1.76. The van der Waals surface area contributed by atoms with Crippen LogP contribution in [0.15, 0.2) is 47.7 Å². The molecule has 0 amide bonds. The molecule has 88 valence electrons. The van der Waals surface area contributed by atoms with E-state index in [1.54, 1.807) is 0 Å². The number of hydrogen-bond acceptors (Lipinski definition) is 3. The van der Waals surface area contributed by atoms with Gasteiger partial charge in [0.1, 0.15) is 0 Å². The normalized spacial score (nSPS) is 12.4. The van der Waals surface area contributed by atoms with Gasteiger partial charge in [-0.05, 0) is 18.1 Å². The molecule has 0 bridgehead atoms. The molecule has 0 saturated carbocycles. The van der Waals surface area contributed by atoms with Crippen LogP contribution in [-0.2, 0) is 6.54 Å². The zero-order valence-electron chi connectivity index (χ0n) is 9.58. The zero-order chi connectivity index (χ0) is 12.3. The SMILES string of the molecule is Cc1ccccc1C(O)Cn1cnccc1=O. The molecule has 1 aromatic heterocycles. The molecule has 0 spiro atoms. The van der Waals surface area contributed by atoms with Gasteiger partial charge in [-0.1, -0.05) is 24.3 Å². The number of aryl methyl sites for hydroxylation is 1. The van der Waals surface area contributed by atoms with Gasteiger partial charge in [0.15, 0.2) is 0 Å². The highest BCUT2D eigenvalue weighted by Gasteiger charge is 2.10. The first kappa shape index (κ1) is 11.5. The van der Waals surface area contributed by atoms with Crippen LogP contribution < -0.4 is 5.56 Å². The van der Waals surface area contributed by atoms with E-state index >= 15 is 0 Å². The van der Waals surface area contributed by atoms with Gasteiger partial charge < -0.3 is 5.11 Å². The third-order valence-corrected chi connectivity index (χ3v) is 2.71. The Balaban J connectivity index is 2.23. The molecule has 4 heteroatoms. The predicted molar refractivity (Wildman–Crippen MR) is 64.6 cm³/mol. The average Bonchev–Trinajstić information content (AvgIpc) is 2.32. The van der Waals surface area contributed by atoms with Gasteiger partial charge in [0.2, 0.25) is 0 Å². The highest BCUT2D eigenvalue weighted by atomic mass is 16.3. The van der Waals surface area contributed by atoms with E-state index in [0.717, 1.165) is 11.1 Å². The van der Waals surface area contributed by atoms with Crippen LogP contribution in [0.2, 0.25) is 0 Å². The van der Waals surface area contributed by atoms with Gasteiger partial charge in [0.25, 0.3) is 5.56 Å². The Bertz CT molecular complexity index is 563. The van der Waals surface area contributed by atoms with Crippen molar-refractivity contribution in [3.8, 4) is 0 Å². The van der Waals surface area contributed by atoms with Crippen molar-refractivity contribution < 1.29 is 5.11 Å². The van der Waals surface area contributed by atoms with Crippen LogP contribution in [0.3, 0.4) is 0 Å². The molecule has 0 aliphatic rings. The van der Waals surface area contributed by atoms with E-state index in [1.807, 2.05) is 31.2 Å². The van der Waals surface area contributed by atoms with Crippen molar-refractivity contribution in [2.24, 2.45) is 0 Å². The zero-order valence-corrected chi connectivity index (χ0v) is 9.58. The Hall–Kier alpha value is -1.94. The second-order valence-electron chi connectivity index (χ2n) is 3.94. The van der Waals surface area contributed by atoms with Crippen LogP contribution in [0.1, 0.15) is 17.2 Å². The van der Waals surface area contributed by atoms with Crippen molar-refractivity contribution in [1.29, 1.82) is 0 Å². The number of benzene rings is 1. The molecule has 0 radical (unpaired) electrons. The molecule has 0 aliphatic carbocycles. The molecule has 2 aromatic rings. The summed E-state index contributed by atoms with van der Waals surface area (Å²) in [6, 6.07) is 8.97. The lowest BCUT2D eigenvalue weighted by Gasteiger charge is -2.14. The number of aromatic nitrogens is 2. The minimum Gasteiger partial charge on any atom is -0.387 e. The fourth-order valence-corrected chi connectivity index (χ4v) is 1.76. The van der Waals surface area contributed by atoms with E-state index in [4.69, 9.17) is 0 Å². The van der Waals surface area contributed by atoms with Gasteiger partial charge >= 0.3 is 0 Å². The molecular formula is C13H14N2O2. The Kier molecular flexibility index (Phi) is 3.35. The number of hydrogen-bond donors (Lipinski definition) is 1. The number of aliphatic hydroxyl groups is 1. The van der Waals surface area contributed by atoms with Crippen LogP contribution in [0, 0.1) is 6.92 Å². The second-order valence-corrected chi connectivity index (χ2v) is 3.94. The van der Waals surface area contributed by atoms with Crippen LogP contribution in [0.25, 0.3) is 0 Å². The lowest BCUT2D eigenvalue weighted by molar-refractivity contribution is 0.154. The number of aliphatic hydroxyl groups excluding tert-OH is 1. The van der Waals surface area contributed by atoms with E-state index in [1.165, 1.54) is 23.2 Å². The molecule has 0 saturated heterocycles. The summed E-state index contributed by atoms with van der Waals surface area (Å²) in [7, 11) is 0. The molecule has 17 heavy (non-hydrogen) atoms. The topological polar surface area (TPSA) is 55.1 Å². The van der Waals surface area contributed by atoms with Crippen LogP contribution >= 0.6 is 0 Å². The van der Waals surface area contributed by atoms with E-state index in [9.17, 15) is 9.90 Å². The lowest BCUT2D eigenvalue weighted by atomic mass is 10.0. The molecule has 0 fully saturated rings. The molecule has 4 nitrogen and oxygen atoms in total. The van der Waals surface area contributed by atoms with E-state index in [2.05, 4.69) is 4.98 Å². The van der Waals surface area contributed by atoms with Gasteiger partial charge in [0, 0.05) is 12.3 Å². The van der Waals surface area contributed by atoms with Gasteiger partial charge in [-0.3, -0.25) is 9.36 Å². The molecule has 1 heterocycles. The quantitative estimate of drug-likeness (QED) is 0.864. The molecular weight excluding hydrogens is 216 g/mol. The van der Waals surface area contributed by atoms with Gasteiger partial charge in [-0.25, -0.2) is 4.98 Å². The molecule has 2 rings (SSSR count). The molecule has 1 unspecified atom stereocenters. The van der Waals surface area contributed by atoms with Gasteiger partial charge in [0.05, 0.1) is 19.0 Å². The van der Waals surface area contributed by atoms with Crippen molar-refractivity contribution in [2.45, 2.75) is 19.6 Å². The largest absolute Gasteiger partial charge is 0.387 e. The highest BCUT2D eigenvalue weighted by molar-refractivity contribution is 5.27. The molecule has 1 N–H and O–H groups in total. The first-order chi connectivity index (χ1) is 8.18. The van der Waals surface area contributed by atoms with Crippen LogP contribution in [-0.4, -0.2) is 14.7 Å². The number of nitrogens with zero attached hydrogens (tertiary/aromatic N) is 2. The summed E-state index contributed by atoms with van der Waals surface area (Å²) >= 11 is 0. The van der Waals surface area contributed by atoms with E-state index in [-0.39, 0.29) is 12.1 Å². The smallest absolute Gasteiger partial charge is 0.253 e. The highest BCUT2D eigenvalue weighted by Crippen LogP contribution is 2.17. The van der Waals surface area contributed by atoms with Crippen molar-refractivity contribution in [3.63, 3.8) is 0 Å². The standard InChI is InChI=1S/C13H14N2O2/c1-10-4-2-3-5-11(10)12(16)8-15-9-14-7-6-13(15)17/h2-7,9,12,16H,8H2,1H3. The van der Waals surface area contributed by atoms with Crippen LogP contribution in [0.4, 0.5) is 0 Å². The summed E-state index contributed by atoms with van der Waals surface area (Å²) in [6.07, 6.45) is 2.18. The van der Waals surface area contributed by atoms with Gasteiger partial charge in [-0.15, -0.1) is 0 Å². The van der Waals surface area contributed by atoms with E-state index in [0.29, 0.717) is 0 Å². The van der Waals surface area contributed by atoms with Crippen molar-refractivity contribution >= 4 is 0 Å². The second kappa shape index (κ2) is 4.93. The maximum atomic E-state index is 11.5. The maximum Gasteiger partial charge on any atom is 0.253 e. The minimum absolute atomic E-state index is 0.160. The summed E-state index contributed by atoms with van der Waals surface area (Å²) in [5.74, 6) is 0. The minimum atomic E-state index is -0.696. The maximum absolute atomic E-state index is 11.5. The predicted octanol–water partition coefficient (Wildman–Crippen LogP) is 1.29. The lowest BCUT2D eigenvalue weighted by Crippen LogP contribution is -2.22. The summed E-state index contributed by atoms with van der Waals surface area (Å²) in [5, 5.41) is 10.1. The summed E-state index contributed by atoms with van der Waals surface area (Å²) in [4.78, 5) is 15.3. The third kappa shape index (κ3) is 2.60.